The molecular formula is C52H100O6. The number of carbonyl (C=O) groups excluding carboxylic acids is 3. The molecule has 6 heteroatoms. The molecule has 6 nitrogen and oxygen atoms in total. The number of unbranched alkanes of at least 4 members (excludes halogenated alkanes) is 37. The average molecular weight is 821 g/mol. The van der Waals surface area contributed by atoms with Crippen molar-refractivity contribution in [2.24, 2.45) is 0 Å². The van der Waals surface area contributed by atoms with E-state index in [1.807, 2.05) is 0 Å². The minimum Gasteiger partial charge on any atom is -0.462 e. The Balaban J connectivity index is 4.20. The van der Waals surface area contributed by atoms with E-state index in [-0.39, 0.29) is 31.1 Å². The zero-order valence-corrected chi connectivity index (χ0v) is 39.3. The van der Waals surface area contributed by atoms with Gasteiger partial charge in [-0.15, -0.1) is 0 Å². The Labute approximate surface area is 361 Å². The van der Waals surface area contributed by atoms with E-state index in [1.165, 1.54) is 199 Å². The monoisotopic (exact) mass is 821 g/mol. The van der Waals surface area contributed by atoms with Crippen LogP contribution in [-0.4, -0.2) is 37.2 Å². The zero-order chi connectivity index (χ0) is 42.3. The quantitative estimate of drug-likeness (QED) is 0.0346. The minimum atomic E-state index is -0.758. The van der Waals surface area contributed by atoms with Crippen molar-refractivity contribution in [2.45, 2.75) is 303 Å². The maximum atomic E-state index is 12.7. The first-order valence-electron chi connectivity index (χ1n) is 26.0. The molecule has 0 saturated heterocycles. The molecule has 344 valence electrons. The summed E-state index contributed by atoms with van der Waals surface area (Å²) in [5.41, 5.74) is 0. The van der Waals surface area contributed by atoms with Gasteiger partial charge in [0.2, 0.25) is 0 Å². The Morgan fingerprint density at radius 3 is 0.690 bits per heavy atom. The van der Waals surface area contributed by atoms with Crippen LogP contribution in [0.1, 0.15) is 297 Å². The topological polar surface area (TPSA) is 78.9 Å². The Morgan fingerprint density at radius 1 is 0.276 bits per heavy atom. The van der Waals surface area contributed by atoms with E-state index >= 15 is 0 Å². The van der Waals surface area contributed by atoms with E-state index in [2.05, 4.69) is 20.8 Å². The largest absolute Gasteiger partial charge is 0.462 e. The standard InChI is InChI=1S/C52H100O6/c1-4-7-10-13-16-19-22-23-24-25-26-27-28-29-31-34-36-39-42-45-51(54)57-48-49(58-52(55)46-43-40-37-32-21-18-15-12-9-6-3)47-56-50(53)44-41-38-35-33-30-20-17-14-11-8-5-2/h49H,4-48H2,1-3H3/t49-/m0/s1. The lowest BCUT2D eigenvalue weighted by atomic mass is 10.0. The molecule has 0 rings (SSSR count). The van der Waals surface area contributed by atoms with Gasteiger partial charge in [-0.25, -0.2) is 0 Å². The van der Waals surface area contributed by atoms with E-state index in [9.17, 15) is 14.4 Å². The molecule has 0 bridgehead atoms. The van der Waals surface area contributed by atoms with Crippen molar-refractivity contribution >= 4 is 17.9 Å². The lowest BCUT2D eigenvalue weighted by Crippen LogP contribution is -2.30. The summed E-state index contributed by atoms with van der Waals surface area (Å²) >= 11 is 0. The maximum Gasteiger partial charge on any atom is 0.306 e. The van der Waals surface area contributed by atoms with Crippen molar-refractivity contribution < 1.29 is 28.6 Å². The molecule has 58 heavy (non-hydrogen) atoms. The molecule has 0 fully saturated rings. The van der Waals surface area contributed by atoms with Gasteiger partial charge in [0, 0.05) is 19.3 Å². The van der Waals surface area contributed by atoms with Crippen LogP contribution in [0.5, 0.6) is 0 Å². The van der Waals surface area contributed by atoms with Gasteiger partial charge in [-0.05, 0) is 19.3 Å². The van der Waals surface area contributed by atoms with Gasteiger partial charge in [0.05, 0.1) is 0 Å². The molecule has 0 saturated carbocycles. The average Bonchev–Trinajstić information content (AvgIpc) is 3.22. The van der Waals surface area contributed by atoms with Gasteiger partial charge >= 0.3 is 17.9 Å². The lowest BCUT2D eigenvalue weighted by molar-refractivity contribution is -0.167. The highest BCUT2D eigenvalue weighted by Crippen LogP contribution is 2.17. The molecule has 0 heterocycles. The van der Waals surface area contributed by atoms with E-state index in [1.54, 1.807) is 0 Å². The predicted octanol–water partition coefficient (Wildman–Crippen LogP) is 16.8. The summed E-state index contributed by atoms with van der Waals surface area (Å²) in [6.07, 6.45) is 50.9. The molecule has 0 aromatic carbocycles. The Morgan fingerprint density at radius 2 is 0.466 bits per heavy atom. The number of rotatable bonds is 48. The second kappa shape index (κ2) is 48.1. The number of carbonyl (C=O) groups is 3. The molecule has 0 amide bonds. The summed E-state index contributed by atoms with van der Waals surface area (Å²) in [5.74, 6) is -0.845. The predicted molar refractivity (Wildman–Crippen MR) is 247 cm³/mol. The van der Waals surface area contributed by atoms with E-state index in [0.717, 1.165) is 57.8 Å². The molecule has 1 atom stereocenters. The third-order valence-electron chi connectivity index (χ3n) is 11.9. The lowest BCUT2D eigenvalue weighted by Gasteiger charge is -2.18. The molecule has 0 N–H and O–H groups in total. The number of ether oxygens (including phenoxy) is 3. The molecule has 0 aliphatic rings. The van der Waals surface area contributed by atoms with Crippen molar-refractivity contribution in [3.05, 3.63) is 0 Å². The van der Waals surface area contributed by atoms with Crippen molar-refractivity contribution in [1.82, 2.24) is 0 Å². The molecule has 0 unspecified atom stereocenters. The van der Waals surface area contributed by atoms with Gasteiger partial charge in [-0.3, -0.25) is 14.4 Å². The van der Waals surface area contributed by atoms with Crippen LogP contribution in [0.4, 0.5) is 0 Å². The van der Waals surface area contributed by atoms with Crippen LogP contribution in [0.25, 0.3) is 0 Å². The molecule has 0 aromatic rings. The first-order chi connectivity index (χ1) is 28.5. The van der Waals surface area contributed by atoms with Crippen LogP contribution < -0.4 is 0 Å². The van der Waals surface area contributed by atoms with Gasteiger partial charge in [-0.1, -0.05) is 258 Å². The van der Waals surface area contributed by atoms with Crippen molar-refractivity contribution in [3.63, 3.8) is 0 Å². The second-order valence-corrected chi connectivity index (χ2v) is 17.8. The summed E-state index contributed by atoms with van der Waals surface area (Å²) in [6, 6.07) is 0. The van der Waals surface area contributed by atoms with E-state index in [0.29, 0.717) is 19.3 Å². The molecule has 0 aliphatic heterocycles. The molecule has 0 radical (unpaired) electrons. The highest BCUT2D eigenvalue weighted by molar-refractivity contribution is 5.71. The van der Waals surface area contributed by atoms with Crippen LogP contribution in [0.15, 0.2) is 0 Å². The summed E-state index contributed by atoms with van der Waals surface area (Å²) in [5, 5.41) is 0. The summed E-state index contributed by atoms with van der Waals surface area (Å²) < 4.78 is 16.8. The second-order valence-electron chi connectivity index (χ2n) is 17.8. The van der Waals surface area contributed by atoms with Crippen LogP contribution in [-0.2, 0) is 28.6 Å². The van der Waals surface area contributed by atoms with Gasteiger partial charge in [0.25, 0.3) is 0 Å². The van der Waals surface area contributed by atoms with Crippen molar-refractivity contribution in [3.8, 4) is 0 Å². The number of esters is 3. The minimum absolute atomic E-state index is 0.0620. The molecule has 0 aliphatic carbocycles. The number of hydrogen-bond acceptors (Lipinski definition) is 6. The third-order valence-corrected chi connectivity index (χ3v) is 11.9. The summed E-state index contributed by atoms with van der Waals surface area (Å²) in [4.78, 5) is 37.8. The van der Waals surface area contributed by atoms with Gasteiger partial charge in [0.1, 0.15) is 13.2 Å². The van der Waals surface area contributed by atoms with E-state index < -0.39 is 6.10 Å². The van der Waals surface area contributed by atoms with Crippen LogP contribution >= 0.6 is 0 Å². The fourth-order valence-electron chi connectivity index (χ4n) is 7.92. The molecular weight excluding hydrogens is 721 g/mol. The Kier molecular flexibility index (Phi) is 46.8. The van der Waals surface area contributed by atoms with Crippen molar-refractivity contribution in [1.29, 1.82) is 0 Å². The van der Waals surface area contributed by atoms with Crippen LogP contribution in [0.2, 0.25) is 0 Å². The Hall–Kier alpha value is -1.59. The van der Waals surface area contributed by atoms with Crippen molar-refractivity contribution in [2.75, 3.05) is 13.2 Å². The van der Waals surface area contributed by atoms with Gasteiger partial charge < -0.3 is 14.2 Å². The smallest absolute Gasteiger partial charge is 0.306 e. The molecule has 0 aromatic heterocycles. The van der Waals surface area contributed by atoms with Crippen LogP contribution in [0, 0.1) is 0 Å². The summed E-state index contributed by atoms with van der Waals surface area (Å²) in [7, 11) is 0. The molecule has 0 spiro atoms. The Bertz CT molecular complexity index is 859. The first kappa shape index (κ1) is 56.4. The highest BCUT2D eigenvalue weighted by atomic mass is 16.6. The first-order valence-corrected chi connectivity index (χ1v) is 26.0. The van der Waals surface area contributed by atoms with Gasteiger partial charge in [0.15, 0.2) is 6.10 Å². The SMILES string of the molecule is CCCCCCCCCCCCCCCCCCCCCC(=O)OC[C@H](COC(=O)CCCCCCCCCCCCC)OC(=O)CCCCCCCCCCCC. The number of hydrogen-bond donors (Lipinski definition) is 0. The van der Waals surface area contributed by atoms with Gasteiger partial charge in [-0.2, -0.15) is 0 Å². The third kappa shape index (κ3) is 45.5. The zero-order valence-electron chi connectivity index (χ0n) is 39.3. The fraction of sp³-hybridized carbons (Fsp3) is 0.942. The van der Waals surface area contributed by atoms with Crippen LogP contribution in [0.3, 0.4) is 0 Å². The fourth-order valence-corrected chi connectivity index (χ4v) is 7.92. The highest BCUT2D eigenvalue weighted by Gasteiger charge is 2.19. The maximum absolute atomic E-state index is 12.7. The van der Waals surface area contributed by atoms with E-state index in [4.69, 9.17) is 14.2 Å². The summed E-state index contributed by atoms with van der Waals surface area (Å²) in [6.45, 7) is 6.66. The normalized spacial score (nSPS) is 11.8.